The van der Waals surface area contributed by atoms with E-state index in [4.69, 9.17) is 0 Å². The molecule has 1 aliphatic rings. The van der Waals surface area contributed by atoms with Crippen molar-refractivity contribution in [2.75, 3.05) is 0 Å². The molecule has 0 aliphatic carbocycles. The third-order valence-corrected chi connectivity index (χ3v) is 5.71. The van der Waals surface area contributed by atoms with Crippen LogP contribution in [-0.4, -0.2) is 10.8 Å². The van der Waals surface area contributed by atoms with Crippen LogP contribution in [-0.2, 0) is 10.3 Å². The summed E-state index contributed by atoms with van der Waals surface area (Å²) in [6.07, 6.45) is 0. The van der Waals surface area contributed by atoms with E-state index in [0.717, 1.165) is 22.3 Å². The zero-order chi connectivity index (χ0) is 19.7. The van der Waals surface area contributed by atoms with Crippen molar-refractivity contribution in [2.45, 2.75) is 11.6 Å². The van der Waals surface area contributed by atoms with Gasteiger partial charge in [0.2, 0.25) is 0 Å². The van der Waals surface area contributed by atoms with Crippen molar-refractivity contribution in [3.05, 3.63) is 144 Å². The van der Waals surface area contributed by atoms with Crippen molar-refractivity contribution < 1.29 is 4.79 Å². The highest BCUT2D eigenvalue weighted by atomic mass is 16.2. The molecule has 1 unspecified atom stereocenters. The van der Waals surface area contributed by atoms with Gasteiger partial charge in [0.25, 0.3) is 5.91 Å². The first-order chi connectivity index (χ1) is 14.3. The summed E-state index contributed by atoms with van der Waals surface area (Å²) in [5, 5.41) is 0. The maximum atomic E-state index is 13.3. The van der Waals surface area contributed by atoms with Gasteiger partial charge >= 0.3 is 0 Å². The molecule has 140 valence electrons. The standard InChI is InChI=1S/C27H21NO/c29-26-25(21-13-5-1-6-14-21)28(26)27(22-15-7-2-8-16-22,23-17-9-3-10-18-23)24-19-11-4-12-20-24/h1-20,25H. The van der Waals surface area contributed by atoms with E-state index < -0.39 is 5.54 Å². The van der Waals surface area contributed by atoms with Gasteiger partial charge in [0.15, 0.2) is 0 Å². The fraction of sp³-hybridized carbons (Fsp3) is 0.0741. The second-order valence-corrected chi connectivity index (χ2v) is 7.33. The molecule has 4 aromatic carbocycles. The van der Waals surface area contributed by atoms with Crippen LogP contribution >= 0.6 is 0 Å². The molecular weight excluding hydrogens is 354 g/mol. The Bertz CT molecular complexity index is 1010. The van der Waals surface area contributed by atoms with Crippen LogP contribution in [0.4, 0.5) is 0 Å². The fourth-order valence-electron chi connectivity index (χ4n) is 4.42. The van der Waals surface area contributed by atoms with E-state index in [1.54, 1.807) is 0 Å². The van der Waals surface area contributed by atoms with Gasteiger partial charge in [0, 0.05) is 0 Å². The highest BCUT2D eigenvalue weighted by Gasteiger charge is 2.60. The summed E-state index contributed by atoms with van der Waals surface area (Å²) < 4.78 is 0. The zero-order valence-corrected chi connectivity index (χ0v) is 16.0. The third-order valence-electron chi connectivity index (χ3n) is 5.71. The Morgan fingerprint density at radius 2 is 0.862 bits per heavy atom. The number of rotatable bonds is 5. The van der Waals surface area contributed by atoms with Gasteiger partial charge in [-0.2, -0.15) is 0 Å². The van der Waals surface area contributed by atoms with Gasteiger partial charge in [-0.25, -0.2) is 0 Å². The van der Waals surface area contributed by atoms with Crippen LogP contribution < -0.4 is 0 Å². The van der Waals surface area contributed by atoms with E-state index in [2.05, 4.69) is 36.4 Å². The molecule has 1 saturated heterocycles. The SMILES string of the molecule is O=C1C(c2ccccc2)N1C(c1ccccc1)(c1ccccc1)c1ccccc1. The van der Waals surface area contributed by atoms with Crippen LogP contribution in [0.2, 0.25) is 0 Å². The van der Waals surface area contributed by atoms with E-state index in [0.29, 0.717) is 0 Å². The van der Waals surface area contributed by atoms with Crippen molar-refractivity contribution in [1.82, 2.24) is 4.90 Å². The number of amides is 1. The Morgan fingerprint density at radius 3 is 1.24 bits per heavy atom. The van der Waals surface area contributed by atoms with Gasteiger partial charge in [0.1, 0.15) is 11.6 Å². The molecule has 1 heterocycles. The van der Waals surface area contributed by atoms with Crippen molar-refractivity contribution in [3.8, 4) is 0 Å². The normalized spacial score (nSPS) is 15.9. The minimum Gasteiger partial charge on any atom is -0.306 e. The first-order valence-corrected chi connectivity index (χ1v) is 9.88. The summed E-state index contributed by atoms with van der Waals surface area (Å²) in [5.74, 6) is 0.146. The summed E-state index contributed by atoms with van der Waals surface area (Å²) in [6.45, 7) is 0. The van der Waals surface area contributed by atoms with Gasteiger partial charge in [0.05, 0.1) is 0 Å². The van der Waals surface area contributed by atoms with Crippen LogP contribution in [0.3, 0.4) is 0 Å². The maximum absolute atomic E-state index is 13.3. The topological polar surface area (TPSA) is 20.1 Å². The van der Waals surface area contributed by atoms with Crippen molar-refractivity contribution in [1.29, 1.82) is 0 Å². The van der Waals surface area contributed by atoms with Crippen LogP contribution in [0.25, 0.3) is 0 Å². The van der Waals surface area contributed by atoms with Gasteiger partial charge in [-0.3, -0.25) is 4.79 Å². The molecule has 4 aromatic rings. The molecule has 0 N–H and O–H groups in total. The molecule has 1 fully saturated rings. The zero-order valence-electron chi connectivity index (χ0n) is 16.0. The molecule has 5 rings (SSSR count). The third kappa shape index (κ3) is 2.76. The summed E-state index contributed by atoms with van der Waals surface area (Å²) in [5.41, 5.74) is 3.61. The van der Waals surface area contributed by atoms with Crippen LogP contribution in [0, 0.1) is 0 Å². The van der Waals surface area contributed by atoms with E-state index in [9.17, 15) is 4.79 Å². The van der Waals surface area contributed by atoms with Crippen LogP contribution in [0.5, 0.6) is 0 Å². The van der Waals surface area contributed by atoms with Gasteiger partial charge < -0.3 is 4.90 Å². The van der Waals surface area contributed by atoms with Gasteiger partial charge in [-0.05, 0) is 22.3 Å². The van der Waals surface area contributed by atoms with E-state index >= 15 is 0 Å². The molecule has 2 nitrogen and oxygen atoms in total. The minimum atomic E-state index is -0.679. The van der Waals surface area contributed by atoms with Crippen molar-refractivity contribution in [3.63, 3.8) is 0 Å². The predicted molar refractivity (Wildman–Crippen MR) is 115 cm³/mol. The Morgan fingerprint density at radius 1 is 0.517 bits per heavy atom. The average molecular weight is 375 g/mol. The maximum Gasteiger partial charge on any atom is 0.252 e. The minimum absolute atomic E-state index is 0.146. The molecule has 0 aromatic heterocycles. The molecule has 1 amide bonds. The van der Waals surface area contributed by atoms with Crippen molar-refractivity contribution in [2.24, 2.45) is 0 Å². The fourth-order valence-corrected chi connectivity index (χ4v) is 4.42. The first-order valence-electron chi connectivity index (χ1n) is 9.88. The van der Waals surface area contributed by atoms with Crippen molar-refractivity contribution >= 4 is 5.91 Å². The lowest BCUT2D eigenvalue weighted by Crippen LogP contribution is -2.38. The quantitative estimate of drug-likeness (QED) is 0.330. The van der Waals surface area contributed by atoms with E-state index in [1.807, 2.05) is 89.8 Å². The molecule has 2 heteroatoms. The number of carbonyl (C=O) groups excluding carboxylic acids is 1. The number of nitrogens with zero attached hydrogens (tertiary/aromatic N) is 1. The van der Waals surface area contributed by atoms with E-state index in [-0.39, 0.29) is 11.9 Å². The Hall–Kier alpha value is -3.65. The summed E-state index contributed by atoms with van der Waals surface area (Å²) in [4.78, 5) is 15.3. The Kier molecular flexibility index (Phi) is 4.25. The molecule has 29 heavy (non-hydrogen) atoms. The first kappa shape index (κ1) is 17.4. The monoisotopic (exact) mass is 375 g/mol. The molecule has 1 aliphatic heterocycles. The molecular formula is C27H21NO. The lowest BCUT2D eigenvalue weighted by atomic mass is 9.76. The highest BCUT2D eigenvalue weighted by Crippen LogP contribution is 2.54. The molecule has 0 bridgehead atoms. The Labute approximate surface area is 171 Å². The second-order valence-electron chi connectivity index (χ2n) is 7.33. The van der Waals surface area contributed by atoms with E-state index in [1.165, 1.54) is 0 Å². The smallest absolute Gasteiger partial charge is 0.252 e. The lowest BCUT2D eigenvalue weighted by molar-refractivity contribution is -0.115. The number of benzene rings is 4. The Balaban J connectivity index is 1.79. The molecule has 0 saturated carbocycles. The second kappa shape index (κ2) is 7.06. The summed E-state index contributed by atoms with van der Waals surface area (Å²) in [7, 11) is 0. The average Bonchev–Trinajstić information content (AvgIpc) is 3.48. The molecule has 0 radical (unpaired) electrons. The summed E-state index contributed by atoms with van der Waals surface area (Å²) in [6, 6.07) is 40.8. The number of carbonyl (C=O) groups is 1. The van der Waals surface area contributed by atoms with Gasteiger partial charge in [-0.1, -0.05) is 121 Å². The van der Waals surface area contributed by atoms with Gasteiger partial charge in [-0.15, -0.1) is 0 Å². The predicted octanol–water partition coefficient (Wildman–Crippen LogP) is 5.56. The highest BCUT2D eigenvalue weighted by molar-refractivity contribution is 6.00. The molecule has 0 spiro atoms. The number of hydrogen-bond acceptors (Lipinski definition) is 1. The van der Waals surface area contributed by atoms with Crippen LogP contribution in [0.1, 0.15) is 28.3 Å². The number of hydrogen-bond donors (Lipinski definition) is 0. The lowest BCUT2D eigenvalue weighted by Gasteiger charge is -2.37. The summed E-state index contributed by atoms with van der Waals surface area (Å²) >= 11 is 0. The van der Waals surface area contributed by atoms with Crippen LogP contribution in [0.15, 0.2) is 121 Å². The molecule has 1 atom stereocenters. The largest absolute Gasteiger partial charge is 0.306 e.